The molecule has 0 aliphatic carbocycles. The van der Waals surface area contributed by atoms with E-state index in [1.165, 1.54) is 12.1 Å². The van der Waals surface area contributed by atoms with Crippen LogP contribution in [0.5, 0.6) is 0 Å². The van der Waals surface area contributed by atoms with Gasteiger partial charge in [0.25, 0.3) is 0 Å². The van der Waals surface area contributed by atoms with Crippen molar-refractivity contribution in [1.29, 1.82) is 0 Å². The third-order valence-electron chi connectivity index (χ3n) is 4.74. The summed E-state index contributed by atoms with van der Waals surface area (Å²) in [4.78, 5) is 32.4. The van der Waals surface area contributed by atoms with Crippen molar-refractivity contribution in [2.24, 2.45) is 12.0 Å². The molecule has 0 unspecified atom stereocenters. The van der Waals surface area contributed by atoms with Crippen molar-refractivity contribution in [2.75, 3.05) is 44.7 Å². The number of hydrogen-bond acceptors (Lipinski definition) is 4. The Balaban J connectivity index is 0.00000341. The van der Waals surface area contributed by atoms with E-state index in [2.05, 4.69) is 20.7 Å². The Labute approximate surface area is 197 Å². The highest BCUT2D eigenvalue weighted by Crippen LogP contribution is 2.15. The lowest BCUT2D eigenvalue weighted by Gasteiger charge is -2.35. The highest BCUT2D eigenvalue weighted by Gasteiger charge is 2.27. The molecule has 0 radical (unpaired) electrons. The van der Waals surface area contributed by atoms with Gasteiger partial charge < -0.3 is 20.4 Å². The van der Waals surface area contributed by atoms with Gasteiger partial charge in [-0.15, -0.1) is 24.0 Å². The van der Waals surface area contributed by atoms with Gasteiger partial charge in [-0.2, -0.15) is 5.10 Å². The first kappa shape index (κ1) is 24.6. The predicted molar refractivity (Wildman–Crippen MR) is 127 cm³/mol. The molecule has 0 bridgehead atoms. The van der Waals surface area contributed by atoms with Crippen molar-refractivity contribution < 1.29 is 14.0 Å². The lowest BCUT2D eigenvalue weighted by molar-refractivity contribution is -0.121. The summed E-state index contributed by atoms with van der Waals surface area (Å²) in [5.74, 6) is 0.125. The summed E-state index contributed by atoms with van der Waals surface area (Å²) in [6, 6.07) is 5.86. The summed E-state index contributed by atoms with van der Waals surface area (Å²) >= 11 is 0. The smallest absolute Gasteiger partial charge is 0.246 e. The molecule has 31 heavy (non-hydrogen) atoms. The van der Waals surface area contributed by atoms with Gasteiger partial charge in [-0.3, -0.25) is 19.3 Å². The number of aryl methyl sites for hydroxylation is 1. The van der Waals surface area contributed by atoms with Crippen molar-refractivity contribution in [3.63, 3.8) is 0 Å². The monoisotopic (exact) mass is 543 g/mol. The second-order valence-electron chi connectivity index (χ2n) is 6.97. The maximum absolute atomic E-state index is 12.9. The number of rotatable bonds is 6. The van der Waals surface area contributed by atoms with Crippen LogP contribution in [0, 0.1) is 5.82 Å². The Kier molecular flexibility index (Phi) is 9.21. The number of piperazine rings is 1. The summed E-state index contributed by atoms with van der Waals surface area (Å²) in [6.45, 7) is 2.27. The molecule has 0 spiro atoms. The van der Waals surface area contributed by atoms with E-state index in [0.717, 1.165) is 11.3 Å². The first-order chi connectivity index (χ1) is 14.5. The molecular weight excluding hydrogens is 516 g/mol. The number of nitrogens with zero attached hydrogens (tertiary/aromatic N) is 5. The molecule has 1 fully saturated rings. The van der Waals surface area contributed by atoms with Crippen LogP contribution < -0.4 is 15.5 Å². The molecule has 1 aliphatic rings. The molecule has 0 saturated carbocycles. The van der Waals surface area contributed by atoms with Crippen molar-refractivity contribution in [1.82, 2.24) is 25.3 Å². The SMILES string of the molecule is CN=C(NCCNC(=O)Cc1ccc(F)cc1)N1CCN(c2cnn(C)c2)C(=O)C1.I. The fourth-order valence-corrected chi connectivity index (χ4v) is 3.23. The Bertz CT molecular complexity index is 917. The maximum atomic E-state index is 12.9. The van der Waals surface area contributed by atoms with Crippen LogP contribution >= 0.6 is 24.0 Å². The van der Waals surface area contributed by atoms with Gasteiger partial charge in [0.05, 0.1) is 18.3 Å². The highest BCUT2D eigenvalue weighted by molar-refractivity contribution is 14.0. The third-order valence-corrected chi connectivity index (χ3v) is 4.74. The molecule has 2 heterocycles. The van der Waals surface area contributed by atoms with E-state index in [1.807, 2.05) is 18.1 Å². The summed E-state index contributed by atoms with van der Waals surface area (Å²) in [5, 5.41) is 10.1. The van der Waals surface area contributed by atoms with Crippen LogP contribution in [0.2, 0.25) is 0 Å². The number of amides is 2. The van der Waals surface area contributed by atoms with Crippen LogP contribution in [0.4, 0.5) is 10.1 Å². The Hall–Kier alpha value is -2.70. The molecule has 2 amide bonds. The molecule has 1 aromatic heterocycles. The Morgan fingerprint density at radius 2 is 1.90 bits per heavy atom. The minimum absolute atomic E-state index is 0. The first-order valence-electron chi connectivity index (χ1n) is 9.72. The lowest BCUT2D eigenvalue weighted by Crippen LogP contribution is -2.56. The zero-order valence-corrected chi connectivity index (χ0v) is 19.9. The topological polar surface area (TPSA) is 94.9 Å². The standard InChI is InChI=1S/C20H26FN7O2.HI/c1-22-20(24-8-7-23-18(29)11-15-3-5-16(21)6-4-15)27-9-10-28(19(30)14-27)17-12-25-26(2)13-17;/h3-6,12-13H,7-11,14H2,1-2H3,(H,22,24)(H,23,29);1H. The number of nitrogens with one attached hydrogen (secondary N) is 2. The maximum Gasteiger partial charge on any atom is 0.246 e. The molecule has 3 rings (SSSR count). The number of aliphatic imine (C=N–C) groups is 1. The summed E-state index contributed by atoms with van der Waals surface area (Å²) in [7, 11) is 3.47. The number of carbonyl (C=O) groups excluding carboxylic acids is 2. The largest absolute Gasteiger partial charge is 0.354 e. The van der Waals surface area contributed by atoms with Gasteiger partial charge in [-0.1, -0.05) is 12.1 Å². The van der Waals surface area contributed by atoms with Crippen molar-refractivity contribution >= 4 is 47.4 Å². The van der Waals surface area contributed by atoms with E-state index >= 15 is 0 Å². The minimum Gasteiger partial charge on any atom is -0.354 e. The summed E-state index contributed by atoms with van der Waals surface area (Å²) < 4.78 is 14.6. The molecule has 1 aliphatic heterocycles. The quantitative estimate of drug-likeness (QED) is 0.243. The van der Waals surface area contributed by atoms with Crippen molar-refractivity contribution in [3.8, 4) is 0 Å². The minimum atomic E-state index is -0.325. The van der Waals surface area contributed by atoms with Gasteiger partial charge in [0, 0.05) is 46.5 Å². The normalized spacial score (nSPS) is 14.3. The molecular formula is C20H27FIN7O2. The highest BCUT2D eigenvalue weighted by atomic mass is 127. The predicted octanol–water partition coefficient (Wildman–Crippen LogP) is 0.760. The van der Waals surface area contributed by atoms with Crippen LogP contribution in [0.15, 0.2) is 41.7 Å². The van der Waals surface area contributed by atoms with Gasteiger partial charge in [0.15, 0.2) is 5.96 Å². The zero-order valence-electron chi connectivity index (χ0n) is 17.5. The first-order valence-corrected chi connectivity index (χ1v) is 9.72. The second kappa shape index (κ2) is 11.6. The van der Waals surface area contributed by atoms with Crippen LogP contribution in [-0.2, 0) is 23.1 Å². The van der Waals surface area contributed by atoms with E-state index in [0.29, 0.717) is 32.1 Å². The van der Waals surface area contributed by atoms with Gasteiger partial charge in [-0.05, 0) is 17.7 Å². The molecule has 1 aromatic carbocycles. The van der Waals surface area contributed by atoms with Gasteiger partial charge in [-0.25, -0.2) is 4.39 Å². The number of halogens is 2. The van der Waals surface area contributed by atoms with E-state index < -0.39 is 0 Å². The molecule has 168 valence electrons. The van der Waals surface area contributed by atoms with Crippen LogP contribution in [0.25, 0.3) is 0 Å². The molecule has 0 atom stereocenters. The van der Waals surface area contributed by atoms with E-state index in [9.17, 15) is 14.0 Å². The summed E-state index contributed by atoms with van der Waals surface area (Å²) in [5.41, 5.74) is 1.54. The third kappa shape index (κ3) is 6.91. The van der Waals surface area contributed by atoms with E-state index in [1.54, 1.807) is 35.0 Å². The number of carbonyl (C=O) groups is 2. The molecule has 1 saturated heterocycles. The van der Waals surface area contributed by atoms with Crippen molar-refractivity contribution in [3.05, 3.63) is 48.0 Å². The van der Waals surface area contributed by atoms with Crippen LogP contribution in [0.1, 0.15) is 5.56 Å². The van der Waals surface area contributed by atoms with Gasteiger partial charge in [0.2, 0.25) is 11.8 Å². The number of aromatic nitrogens is 2. The van der Waals surface area contributed by atoms with Crippen LogP contribution in [0.3, 0.4) is 0 Å². The average Bonchev–Trinajstić information content (AvgIpc) is 3.15. The number of hydrogen-bond donors (Lipinski definition) is 2. The fourth-order valence-electron chi connectivity index (χ4n) is 3.23. The average molecular weight is 543 g/mol. The van der Waals surface area contributed by atoms with Gasteiger partial charge in [0.1, 0.15) is 12.4 Å². The molecule has 11 heteroatoms. The number of benzene rings is 1. The molecule has 9 nitrogen and oxygen atoms in total. The Morgan fingerprint density at radius 1 is 1.19 bits per heavy atom. The molecule has 2 N–H and O–H groups in total. The molecule has 2 aromatic rings. The van der Waals surface area contributed by atoms with E-state index in [4.69, 9.17) is 0 Å². The Morgan fingerprint density at radius 3 is 2.52 bits per heavy atom. The fraction of sp³-hybridized carbons (Fsp3) is 0.400. The summed E-state index contributed by atoms with van der Waals surface area (Å²) in [6.07, 6.45) is 3.68. The van der Waals surface area contributed by atoms with Gasteiger partial charge >= 0.3 is 0 Å². The second-order valence-corrected chi connectivity index (χ2v) is 6.97. The lowest BCUT2D eigenvalue weighted by atomic mass is 10.1. The number of anilines is 1. The van der Waals surface area contributed by atoms with Crippen molar-refractivity contribution in [2.45, 2.75) is 6.42 Å². The van der Waals surface area contributed by atoms with Crippen LogP contribution in [-0.4, -0.2) is 72.2 Å². The zero-order chi connectivity index (χ0) is 21.5. The number of guanidine groups is 1. The van der Waals surface area contributed by atoms with E-state index in [-0.39, 0.29) is 54.6 Å².